The molecule has 3 N–H and O–H groups in total. The molecule has 1 aliphatic rings. The molecule has 2 atom stereocenters. The third kappa shape index (κ3) is 4.19. The van der Waals surface area contributed by atoms with Crippen LogP contribution in [-0.2, 0) is 0 Å². The van der Waals surface area contributed by atoms with Gasteiger partial charge in [-0.3, -0.25) is 4.90 Å². The highest BCUT2D eigenvalue weighted by molar-refractivity contribution is 7.10. The Labute approximate surface area is 124 Å². The Kier molecular flexibility index (Phi) is 5.82. The monoisotopic (exact) mass is 297 g/mol. The number of hydrogen-bond acceptors (Lipinski definition) is 4. The van der Waals surface area contributed by atoms with Crippen molar-refractivity contribution in [2.24, 2.45) is 0 Å². The van der Waals surface area contributed by atoms with Crippen molar-refractivity contribution in [3.8, 4) is 0 Å². The van der Waals surface area contributed by atoms with Gasteiger partial charge in [-0.2, -0.15) is 0 Å². The summed E-state index contributed by atoms with van der Waals surface area (Å²) in [7, 11) is 0. The molecule has 1 aromatic heterocycles. The van der Waals surface area contributed by atoms with Gasteiger partial charge in [-0.25, -0.2) is 4.79 Å². The van der Waals surface area contributed by atoms with Gasteiger partial charge >= 0.3 is 6.03 Å². The lowest BCUT2D eigenvalue weighted by atomic mass is 10.2. The van der Waals surface area contributed by atoms with Gasteiger partial charge in [-0.15, -0.1) is 11.3 Å². The molecule has 0 aromatic carbocycles. The lowest BCUT2D eigenvalue weighted by molar-refractivity contribution is 0.210. The van der Waals surface area contributed by atoms with Crippen LogP contribution < -0.4 is 10.6 Å². The van der Waals surface area contributed by atoms with Crippen molar-refractivity contribution in [3.63, 3.8) is 0 Å². The first kappa shape index (κ1) is 15.3. The average Bonchev–Trinajstić information content (AvgIpc) is 3.11. The van der Waals surface area contributed by atoms with Crippen LogP contribution in [0.1, 0.15) is 30.7 Å². The minimum atomic E-state index is -0.220. The number of hydrogen-bond donors (Lipinski definition) is 3. The maximum atomic E-state index is 11.8. The van der Waals surface area contributed by atoms with E-state index in [2.05, 4.69) is 33.0 Å². The molecule has 2 amide bonds. The Bertz CT molecular complexity index is 405. The predicted molar refractivity (Wildman–Crippen MR) is 80.9 cm³/mol. The number of amides is 2. The summed E-state index contributed by atoms with van der Waals surface area (Å²) in [6.45, 7) is 4.52. The number of carbonyl (C=O) groups excluding carboxylic acids is 1. The Morgan fingerprint density at radius 2 is 2.25 bits per heavy atom. The van der Waals surface area contributed by atoms with Crippen molar-refractivity contribution in [3.05, 3.63) is 22.4 Å². The summed E-state index contributed by atoms with van der Waals surface area (Å²) in [5.41, 5.74) is 0. The Hall–Kier alpha value is -1.11. The molecule has 1 saturated heterocycles. The summed E-state index contributed by atoms with van der Waals surface area (Å²) in [6, 6.07) is 4.00. The van der Waals surface area contributed by atoms with Crippen LogP contribution in [0.4, 0.5) is 4.79 Å². The van der Waals surface area contributed by atoms with Crippen LogP contribution in [0.15, 0.2) is 17.5 Å². The molecule has 112 valence electrons. The van der Waals surface area contributed by atoms with Crippen LogP contribution in [0.25, 0.3) is 0 Å². The number of nitrogens with one attached hydrogen (secondary N) is 2. The van der Waals surface area contributed by atoms with E-state index in [1.165, 1.54) is 17.7 Å². The summed E-state index contributed by atoms with van der Waals surface area (Å²) in [5.74, 6) is 0. The van der Waals surface area contributed by atoms with Gasteiger partial charge in [-0.05, 0) is 44.3 Å². The minimum absolute atomic E-state index is 0.0477. The van der Waals surface area contributed by atoms with Gasteiger partial charge in [0.15, 0.2) is 0 Å². The zero-order valence-electron chi connectivity index (χ0n) is 11.8. The van der Waals surface area contributed by atoms with Crippen LogP contribution in [-0.4, -0.2) is 48.3 Å². The fourth-order valence-corrected chi connectivity index (χ4v) is 3.31. The highest BCUT2D eigenvalue weighted by atomic mass is 32.1. The second-order valence-corrected chi connectivity index (χ2v) is 6.19. The van der Waals surface area contributed by atoms with E-state index in [1.54, 1.807) is 18.3 Å². The van der Waals surface area contributed by atoms with Crippen molar-refractivity contribution >= 4 is 17.4 Å². The van der Waals surface area contributed by atoms with Crippen molar-refractivity contribution in [1.82, 2.24) is 15.5 Å². The largest absolute Gasteiger partial charge is 0.394 e. The van der Waals surface area contributed by atoms with E-state index in [4.69, 9.17) is 5.11 Å². The molecular formula is C14H23N3O2S. The van der Waals surface area contributed by atoms with E-state index in [0.29, 0.717) is 6.54 Å². The summed E-state index contributed by atoms with van der Waals surface area (Å²) < 4.78 is 0. The molecule has 5 nitrogen and oxygen atoms in total. The molecule has 2 rings (SSSR count). The highest BCUT2D eigenvalue weighted by Gasteiger charge is 2.24. The van der Waals surface area contributed by atoms with E-state index in [9.17, 15) is 4.79 Å². The first-order chi connectivity index (χ1) is 9.70. The Morgan fingerprint density at radius 3 is 2.85 bits per heavy atom. The van der Waals surface area contributed by atoms with Crippen LogP contribution in [0.2, 0.25) is 0 Å². The fraction of sp³-hybridized carbons (Fsp3) is 0.643. The second-order valence-electron chi connectivity index (χ2n) is 5.21. The molecular weight excluding hydrogens is 274 g/mol. The molecule has 6 heteroatoms. The van der Waals surface area contributed by atoms with Gasteiger partial charge in [0.25, 0.3) is 0 Å². The Balaban J connectivity index is 1.89. The van der Waals surface area contributed by atoms with Gasteiger partial charge in [0.2, 0.25) is 0 Å². The lowest BCUT2D eigenvalue weighted by Gasteiger charge is -2.27. The van der Waals surface area contributed by atoms with Crippen molar-refractivity contribution < 1.29 is 9.90 Å². The normalized spacial score (nSPS) is 18.7. The molecule has 2 heterocycles. The summed E-state index contributed by atoms with van der Waals surface area (Å²) in [6.07, 6.45) is 2.46. The highest BCUT2D eigenvalue weighted by Crippen LogP contribution is 2.27. The number of aliphatic hydroxyl groups is 1. The van der Waals surface area contributed by atoms with E-state index >= 15 is 0 Å². The van der Waals surface area contributed by atoms with Crippen molar-refractivity contribution in [1.29, 1.82) is 0 Å². The molecule has 0 aliphatic carbocycles. The third-order valence-corrected chi connectivity index (χ3v) is 4.53. The average molecular weight is 297 g/mol. The van der Waals surface area contributed by atoms with Gasteiger partial charge in [0.1, 0.15) is 0 Å². The van der Waals surface area contributed by atoms with Gasteiger partial charge in [-0.1, -0.05) is 6.07 Å². The van der Waals surface area contributed by atoms with Gasteiger partial charge in [0, 0.05) is 11.4 Å². The van der Waals surface area contributed by atoms with Gasteiger partial charge < -0.3 is 15.7 Å². The molecule has 1 aromatic rings. The first-order valence-electron chi connectivity index (χ1n) is 7.13. The van der Waals surface area contributed by atoms with Gasteiger partial charge in [0.05, 0.1) is 18.7 Å². The molecule has 20 heavy (non-hydrogen) atoms. The standard InChI is InChI=1S/C14H23N3O2S/c1-11(10-18)16-14(19)15-9-12(13-5-4-8-20-13)17-6-2-3-7-17/h4-5,8,11-12,18H,2-3,6-7,9-10H2,1H3,(H2,15,16,19). The van der Waals surface area contributed by atoms with E-state index < -0.39 is 0 Å². The quantitative estimate of drug-likeness (QED) is 0.747. The Morgan fingerprint density at radius 1 is 1.50 bits per heavy atom. The van der Waals surface area contributed by atoms with Crippen LogP contribution in [0.5, 0.6) is 0 Å². The number of rotatable bonds is 6. The predicted octanol–water partition coefficient (Wildman–Crippen LogP) is 1.56. The molecule has 0 radical (unpaired) electrons. The smallest absolute Gasteiger partial charge is 0.315 e. The number of urea groups is 1. The molecule has 1 aliphatic heterocycles. The van der Waals surface area contributed by atoms with Crippen molar-refractivity contribution in [2.75, 3.05) is 26.2 Å². The summed E-state index contributed by atoms with van der Waals surface area (Å²) in [5, 5.41) is 16.6. The maximum Gasteiger partial charge on any atom is 0.315 e. The van der Waals surface area contributed by atoms with E-state index in [0.717, 1.165) is 13.1 Å². The fourth-order valence-electron chi connectivity index (χ4n) is 2.45. The lowest BCUT2D eigenvalue weighted by Crippen LogP contribution is -2.45. The summed E-state index contributed by atoms with van der Waals surface area (Å²) >= 11 is 1.73. The molecule has 2 unspecified atom stereocenters. The molecule has 0 spiro atoms. The second kappa shape index (κ2) is 7.61. The van der Waals surface area contributed by atoms with E-state index in [-0.39, 0.29) is 24.7 Å². The third-order valence-electron chi connectivity index (χ3n) is 3.56. The van der Waals surface area contributed by atoms with E-state index in [1.807, 2.05) is 0 Å². The first-order valence-corrected chi connectivity index (χ1v) is 8.01. The number of carbonyl (C=O) groups is 1. The number of thiophene rings is 1. The van der Waals surface area contributed by atoms with Crippen molar-refractivity contribution in [2.45, 2.75) is 31.8 Å². The minimum Gasteiger partial charge on any atom is -0.394 e. The number of aliphatic hydroxyl groups excluding tert-OH is 1. The molecule has 1 fully saturated rings. The zero-order valence-corrected chi connectivity index (χ0v) is 12.7. The number of nitrogens with zero attached hydrogens (tertiary/aromatic N) is 1. The number of likely N-dealkylation sites (tertiary alicyclic amines) is 1. The SMILES string of the molecule is CC(CO)NC(=O)NCC(c1cccs1)N1CCCC1. The molecule has 0 saturated carbocycles. The topological polar surface area (TPSA) is 64.6 Å². The zero-order chi connectivity index (χ0) is 14.4. The van der Waals surface area contributed by atoms with Crippen LogP contribution in [0.3, 0.4) is 0 Å². The van der Waals surface area contributed by atoms with Crippen LogP contribution >= 0.6 is 11.3 Å². The summed E-state index contributed by atoms with van der Waals surface area (Å²) in [4.78, 5) is 15.5. The maximum absolute atomic E-state index is 11.8. The van der Waals surface area contributed by atoms with Crippen LogP contribution in [0, 0.1) is 0 Å². The molecule has 0 bridgehead atoms.